The highest BCUT2D eigenvalue weighted by atomic mass is 32.2. The Bertz CT molecular complexity index is 643. The third-order valence-corrected chi connectivity index (χ3v) is 5.02. The fraction of sp³-hybridized carbons (Fsp3) is 0.417. The Kier molecular flexibility index (Phi) is 6.31. The van der Waals surface area contributed by atoms with Gasteiger partial charge in [0.2, 0.25) is 10.0 Å². The molecule has 0 aliphatic heterocycles. The number of hydrogen-bond acceptors (Lipinski definition) is 6. The van der Waals surface area contributed by atoms with Crippen LogP contribution in [0.5, 0.6) is 0 Å². The Hall–Kier alpha value is -1.45. The third kappa shape index (κ3) is 5.10. The lowest BCUT2D eigenvalue weighted by atomic mass is 10.2. The predicted molar refractivity (Wildman–Crippen MR) is 80.9 cm³/mol. The van der Waals surface area contributed by atoms with Gasteiger partial charge < -0.3 is 10.5 Å². The van der Waals surface area contributed by atoms with Crippen LogP contribution in [0.4, 0.5) is 5.69 Å². The first-order valence-corrected chi connectivity index (χ1v) is 9.26. The SMILES string of the molecule is COC(=O)c1ccc(S(=O)(=O)NCCCS(C)=O)c(N)c1. The maximum Gasteiger partial charge on any atom is 0.337 e. The van der Waals surface area contributed by atoms with Crippen molar-refractivity contribution in [2.24, 2.45) is 0 Å². The largest absolute Gasteiger partial charge is 0.465 e. The van der Waals surface area contributed by atoms with Crippen molar-refractivity contribution < 1.29 is 22.2 Å². The summed E-state index contributed by atoms with van der Waals surface area (Å²) in [5.74, 6) is -0.178. The van der Waals surface area contributed by atoms with Gasteiger partial charge in [-0.1, -0.05) is 0 Å². The second kappa shape index (κ2) is 7.53. The van der Waals surface area contributed by atoms with E-state index in [0.29, 0.717) is 12.2 Å². The van der Waals surface area contributed by atoms with Crippen LogP contribution in [0.15, 0.2) is 23.1 Å². The summed E-state index contributed by atoms with van der Waals surface area (Å²) in [4.78, 5) is 11.2. The van der Waals surface area contributed by atoms with E-state index < -0.39 is 26.8 Å². The van der Waals surface area contributed by atoms with E-state index >= 15 is 0 Å². The number of carbonyl (C=O) groups is 1. The molecule has 7 nitrogen and oxygen atoms in total. The molecule has 1 aromatic carbocycles. The van der Waals surface area contributed by atoms with Gasteiger partial charge in [0.15, 0.2) is 0 Å². The number of benzene rings is 1. The number of anilines is 1. The molecule has 9 heteroatoms. The molecule has 0 heterocycles. The second-order valence-electron chi connectivity index (χ2n) is 4.27. The van der Waals surface area contributed by atoms with Crippen molar-refractivity contribution in [1.29, 1.82) is 0 Å². The highest BCUT2D eigenvalue weighted by Gasteiger charge is 2.18. The molecule has 0 aliphatic rings. The Balaban J connectivity index is 2.84. The van der Waals surface area contributed by atoms with Crippen LogP contribution in [0.25, 0.3) is 0 Å². The first-order valence-electron chi connectivity index (χ1n) is 6.05. The standard InChI is InChI=1S/C12H18N2O5S2/c1-19-12(15)9-4-5-11(10(13)8-9)21(17,18)14-6-3-7-20(2)16/h4-5,8,14H,3,6-7,13H2,1-2H3. The molecule has 0 fully saturated rings. The van der Waals surface area contributed by atoms with Crippen LogP contribution < -0.4 is 10.5 Å². The van der Waals surface area contributed by atoms with Gasteiger partial charge in [-0.15, -0.1) is 0 Å². The quantitative estimate of drug-likeness (QED) is 0.415. The summed E-state index contributed by atoms with van der Waals surface area (Å²) in [6, 6.07) is 3.83. The Morgan fingerprint density at radius 1 is 1.43 bits per heavy atom. The number of nitrogen functional groups attached to an aromatic ring is 1. The maximum absolute atomic E-state index is 12.1. The molecule has 0 radical (unpaired) electrons. The van der Waals surface area contributed by atoms with Gasteiger partial charge in [0.05, 0.1) is 18.4 Å². The highest BCUT2D eigenvalue weighted by Crippen LogP contribution is 2.20. The zero-order valence-electron chi connectivity index (χ0n) is 11.8. The summed E-state index contributed by atoms with van der Waals surface area (Å²) < 4.78 is 41.9. The fourth-order valence-corrected chi connectivity index (χ4v) is 3.33. The lowest BCUT2D eigenvalue weighted by molar-refractivity contribution is 0.0600. The number of nitrogens with two attached hydrogens (primary N) is 1. The number of esters is 1. The van der Waals surface area contributed by atoms with E-state index in [0.717, 1.165) is 0 Å². The number of rotatable bonds is 7. The molecule has 1 aromatic rings. The Morgan fingerprint density at radius 3 is 2.62 bits per heavy atom. The molecule has 0 aliphatic carbocycles. The summed E-state index contributed by atoms with van der Waals surface area (Å²) in [6.07, 6.45) is 2.01. The van der Waals surface area contributed by atoms with Crippen molar-refractivity contribution >= 4 is 32.5 Å². The van der Waals surface area contributed by atoms with Gasteiger partial charge in [-0.2, -0.15) is 0 Å². The minimum atomic E-state index is -3.76. The van der Waals surface area contributed by atoms with Crippen molar-refractivity contribution in [3.8, 4) is 0 Å². The topological polar surface area (TPSA) is 116 Å². The van der Waals surface area contributed by atoms with Crippen LogP contribution in [-0.2, 0) is 25.6 Å². The van der Waals surface area contributed by atoms with Gasteiger partial charge in [-0.05, 0) is 24.6 Å². The zero-order chi connectivity index (χ0) is 16.0. The molecule has 0 spiro atoms. The number of methoxy groups -OCH3 is 1. The molecule has 1 atom stereocenters. The summed E-state index contributed by atoms with van der Waals surface area (Å²) in [5.41, 5.74) is 5.82. The lowest BCUT2D eigenvalue weighted by Crippen LogP contribution is -2.26. The zero-order valence-corrected chi connectivity index (χ0v) is 13.4. The molecule has 21 heavy (non-hydrogen) atoms. The number of ether oxygens (including phenoxy) is 1. The van der Waals surface area contributed by atoms with E-state index in [4.69, 9.17) is 5.73 Å². The summed E-state index contributed by atoms with van der Waals surface area (Å²) in [5, 5.41) is 0. The van der Waals surface area contributed by atoms with Crippen molar-refractivity contribution in [2.45, 2.75) is 11.3 Å². The van der Waals surface area contributed by atoms with Gasteiger partial charge in [0.1, 0.15) is 4.90 Å². The summed E-state index contributed by atoms with van der Waals surface area (Å²) >= 11 is 0. The molecular formula is C12H18N2O5S2. The van der Waals surface area contributed by atoms with Crippen LogP contribution in [0.1, 0.15) is 16.8 Å². The minimum absolute atomic E-state index is 0.0375. The molecule has 0 aromatic heterocycles. The number of carbonyl (C=O) groups excluding carboxylic acids is 1. The van der Waals surface area contributed by atoms with Crippen LogP contribution in [-0.4, -0.2) is 44.3 Å². The molecule has 0 bridgehead atoms. The first kappa shape index (κ1) is 17.6. The van der Waals surface area contributed by atoms with Gasteiger partial charge in [-0.25, -0.2) is 17.9 Å². The van der Waals surface area contributed by atoms with E-state index in [1.165, 1.54) is 25.3 Å². The summed E-state index contributed by atoms with van der Waals surface area (Å²) in [6.45, 7) is 0.167. The van der Waals surface area contributed by atoms with E-state index in [1.54, 1.807) is 6.26 Å². The van der Waals surface area contributed by atoms with Crippen molar-refractivity contribution in [1.82, 2.24) is 4.72 Å². The van der Waals surface area contributed by atoms with Crippen LogP contribution in [0, 0.1) is 0 Å². The average molecular weight is 334 g/mol. The molecule has 1 rings (SSSR count). The predicted octanol–water partition coefficient (Wildman–Crippen LogP) is 0.102. The second-order valence-corrected chi connectivity index (χ2v) is 7.56. The maximum atomic E-state index is 12.1. The first-order chi connectivity index (χ1) is 9.77. The van der Waals surface area contributed by atoms with Crippen LogP contribution in [0.3, 0.4) is 0 Å². The number of hydrogen-bond donors (Lipinski definition) is 2. The van der Waals surface area contributed by atoms with E-state index in [2.05, 4.69) is 9.46 Å². The summed E-state index contributed by atoms with van der Waals surface area (Å²) in [7, 11) is -3.50. The lowest BCUT2D eigenvalue weighted by Gasteiger charge is -2.10. The molecule has 3 N–H and O–H groups in total. The Morgan fingerprint density at radius 2 is 2.10 bits per heavy atom. The molecule has 1 unspecified atom stereocenters. The van der Waals surface area contributed by atoms with Gasteiger partial charge >= 0.3 is 5.97 Å². The Labute approximate surface area is 126 Å². The van der Waals surface area contributed by atoms with Gasteiger partial charge in [-0.3, -0.25) is 4.21 Å². The van der Waals surface area contributed by atoms with Crippen molar-refractivity contribution in [3.05, 3.63) is 23.8 Å². The van der Waals surface area contributed by atoms with Crippen molar-refractivity contribution in [3.63, 3.8) is 0 Å². The number of sulfonamides is 1. The van der Waals surface area contributed by atoms with Crippen molar-refractivity contribution in [2.75, 3.05) is 31.4 Å². The molecular weight excluding hydrogens is 316 g/mol. The van der Waals surface area contributed by atoms with Crippen LogP contribution in [0.2, 0.25) is 0 Å². The molecule has 0 saturated carbocycles. The monoisotopic (exact) mass is 334 g/mol. The van der Waals surface area contributed by atoms with E-state index in [-0.39, 0.29) is 22.7 Å². The molecule has 0 saturated heterocycles. The normalized spacial score (nSPS) is 12.9. The molecule has 0 amide bonds. The van der Waals surface area contributed by atoms with E-state index in [9.17, 15) is 17.4 Å². The van der Waals surface area contributed by atoms with Gasteiger partial charge in [0.25, 0.3) is 0 Å². The number of nitrogens with one attached hydrogen (secondary N) is 1. The highest BCUT2D eigenvalue weighted by molar-refractivity contribution is 7.89. The van der Waals surface area contributed by atoms with Crippen LogP contribution >= 0.6 is 0 Å². The average Bonchev–Trinajstić information content (AvgIpc) is 2.42. The third-order valence-electron chi connectivity index (χ3n) is 2.62. The smallest absolute Gasteiger partial charge is 0.337 e. The van der Waals surface area contributed by atoms with E-state index in [1.807, 2.05) is 0 Å². The van der Waals surface area contributed by atoms with Gasteiger partial charge in [0, 0.05) is 29.4 Å². The fourth-order valence-electron chi connectivity index (χ4n) is 1.60. The molecule has 118 valence electrons. The minimum Gasteiger partial charge on any atom is -0.465 e.